The van der Waals surface area contributed by atoms with Crippen LogP contribution in [0, 0.1) is 5.92 Å². The van der Waals surface area contributed by atoms with Crippen LogP contribution in [0.25, 0.3) is 0 Å². The number of benzene rings is 1. The monoisotopic (exact) mass is 272 g/mol. The molecule has 0 spiro atoms. The summed E-state index contributed by atoms with van der Waals surface area (Å²) in [4.78, 5) is 26.6. The number of nitrogens with one attached hydrogen (secondary N) is 1. The van der Waals surface area contributed by atoms with Gasteiger partial charge in [-0.2, -0.15) is 0 Å². The van der Waals surface area contributed by atoms with Crippen molar-refractivity contribution in [1.29, 1.82) is 0 Å². The van der Waals surface area contributed by atoms with Gasteiger partial charge in [0.05, 0.1) is 11.3 Å². The van der Waals surface area contributed by atoms with E-state index in [2.05, 4.69) is 5.32 Å². The number of para-hydroxylation sites is 1. The van der Waals surface area contributed by atoms with Crippen molar-refractivity contribution in [1.82, 2.24) is 5.32 Å². The minimum atomic E-state index is -0.486. The Morgan fingerprint density at radius 2 is 2.00 bits per heavy atom. The van der Waals surface area contributed by atoms with Crippen LogP contribution in [0.1, 0.15) is 31.1 Å². The van der Waals surface area contributed by atoms with Crippen LogP contribution < -0.4 is 10.2 Å². The van der Waals surface area contributed by atoms with Crippen LogP contribution in [0.15, 0.2) is 36.4 Å². The standard InChI is InChI=1S/C16H20N2O2/c1-4-5-10-18-13-9-7-6-8-12(13)15(19)17-14(11(2)3)16(18)20/h4-9,11,14H,10H2,1-3H3,(H,17,19)/b5-4+. The average Bonchev–Trinajstić information content (AvgIpc) is 2.54. The topological polar surface area (TPSA) is 49.4 Å². The number of carbonyl (C=O) groups excluding carboxylic acids is 2. The molecule has 1 unspecified atom stereocenters. The van der Waals surface area contributed by atoms with E-state index in [0.29, 0.717) is 17.8 Å². The molecule has 1 heterocycles. The number of hydrogen-bond donors (Lipinski definition) is 1. The zero-order valence-electron chi connectivity index (χ0n) is 12.1. The van der Waals surface area contributed by atoms with Crippen LogP contribution in [-0.4, -0.2) is 24.4 Å². The van der Waals surface area contributed by atoms with E-state index in [-0.39, 0.29) is 17.7 Å². The first-order chi connectivity index (χ1) is 9.56. The highest BCUT2D eigenvalue weighted by atomic mass is 16.2. The Hall–Kier alpha value is -2.10. The summed E-state index contributed by atoms with van der Waals surface area (Å²) in [5, 5.41) is 2.84. The van der Waals surface area contributed by atoms with E-state index in [0.717, 1.165) is 0 Å². The molecule has 0 saturated carbocycles. The maximum atomic E-state index is 12.7. The number of fused-ring (bicyclic) bond motifs is 1. The molecule has 106 valence electrons. The highest BCUT2D eigenvalue weighted by molar-refractivity contribution is 6.11. The van der Waals surface area contributed by atoms with Crippen LogP contribution in [0.5, 0.6) is 0 Å². The van der Waals surface area contributed by atoms with Gasteiger partial charge in [-0.25, -0.2) is 0 Å². The predicted octanol–water partition coefficient (Wildman–Crippen LogP) is 2.36. The number of rotatable bonds is 3. The lowest BCUT2D eigenvalue weighted by Crippen LogP contribution is -2.48. The van der Waals surface area contributed by atoms with Gasteiger partial charge in [-0.15, -0.1) is 0 Å². The summed E-state index contributed by atoms with van der Waals surface area (Å²) < 4.78 is 0. The Labute approximate surface area is 119 Å². The normalized spacial score (nSPS) is 19.2. The van der Waals surface area contributed by atoms with Crippen molar-refractivity contribution in [3.63, 3.8) is 0 Å². The molecular formula is C16H20N2O2. The van der Waals surface area contributed by atoms with Crippen molar-refractivity contribution in [2.24, 2.45) is 5.92 Å². The van der Waals surface area contributed by atoms with Gasteiger partial charge in [0.25, 0.3) is 5.91 Å². The minimum absolute atomic E-state index is 0.0499. The van der Waals surface area contributed by atoms with Crippen molar-refractivity contribution in [3.05, 3.63) is 42.0 Å². The second-order valence-corrected chi connectivity index (χ2v) is 5.23. The summed E-state index contributed by atoms with van der Waals surface area (Å²) >= 11 is 0. The van der Waals surface area contributed by atoms with Crippen LogP contribution >= 0.6 is 0 Å². The second-order valence-electron chi connectivity index (χ2n) is 5.23. The fourth-order valence-corrected chi connectivity index (χ4v) is 2.32. The van der Waals surface area contributed by atoms with E-state index in [1.54, 1.807) is 11.0 Å². The van der Waals surface area contributed by atoms with Crippen LogP contribution in [0.2, 0.25) is 0 Å². The van der Waals surface area contributed by atoms with Crippen LogP contribution in [-0.2, 0) is 4.79 Å². The lowest BCUT2D eigenvalue weighted by Gasteiger charge is -2.25. The minimum Gasteiger partial charge on any atom is -0.340 e. The molecule has 0 aliphatic carbocycles. The third kappa shape index (κ3) is 2.59. The van der Waals surface area contributed by atoms with Gasteiger partial charge in [-0.3, -0.25) is 9.59 Å². The molecule has 1 atom stereocenters. The third-order valence-electron chi connectivity index (χ3n) is 3.45. The lowest BCUT2D eigenvalue weighted by molar-refractivity contribution is -0.121. The molecule has 0 fully saturated rings. The maximum Gasteiger partial charge on any atom is 0.254 e. The first-order valence-electron chi connectivity index (χ1n) is 6.88. The molecule has 0 saturated heterocycles. The predicted molar refractivity (Wildman–Crippen MR) is 79.7 cm³/mol. The summed E-state index contributed by atoms with van der Waals surface area (Å²) in [7, 11) is 0. The van der Waals surface area contributed by atoms with Gasteiger partial charge in [0, 0.05) is 6.54 Å². The van der Waals surface area contributed by atoms with Gasteiger partial charge >= 0.3 is 0 Å². The first-order valence-corrected chi connectivity index (χ1v) is 6.88. The van der Waals surface area contributed by atoms with Crippen molar-refractivity contribution in [2.45, 2.75) is 26.8 Å². The second kappa shape index (κ2) is 5.90. The van der Waals surface area contributed by atoms with E-state index in [4.69, 9.17) is 0 Å². The van der Waals surface area contributed by atoms with E-state index in [1.165, 1.54) is 0 Å². The zero-order chi connectivity index (χ0) is 14.7. The Morgan fingerprint density at radius 1 is 1.30 bits per heavy atom. The molecule has 20 heavy (non-hydrogen) atoms. The van der Waals surface area contributed by atoms with E-state index in [9.17, 15) is 9.59 Å². The highest BCUT2D eigenvalue weighted by Crippen LogP contribution is 2.25. The molecule has 1 aliphatic rings. The number of amides is 2. The van der Waals surface area contributed by atoms with Gasteiger partial charge in [-0.05, 0) is 25.0 Å². The molecule has 1 aliphatic heterocycles. The third-order valence-corrected chi connectivity index (χ3v) is 3.45. The number of hydrogen-bond acceptors (Lipinski definition) is 2. The van der Waals surface area contributed by atoms with Gasteiger partial charge < -0.3 is 10.2 Å². The van der Waals surface area contributed by atoms with Gasteiger partial charge in [0.1, 0.15) is 6.04 Å². The molecule has 2 rings (SSSR count). The first kappa shape index (κ1) is 14.3. The summed E-state index contributed by atoms with van der Waals surface area (Å²) in [6.07, 6.45) is 3.82. The molecule has 4 nitrogen and oxygen atoms in total. The molecule has 1 aromatic carbocycles. The maximum absolute atomic E-state index is 12.7. The molecular weight excluding hydrogens is 252 g/mol. The SMILES string of the molecule is C/C=C/CN1C(=O)C(C(C)C)NC(=O)c2ccccc21. The Balaban J connectivity index is 2.50. The fourth-order valence-electron chi connectivity index (χ4n) is 2.32. The van der Waals surface area contributed by atoms with Crippen molar-refractivity contribution >= 4 is 17.5 Å². The molecule has 4 heteroatoms. The molecule has 1 N–H and O–H groups in total. The number of allylic oxidation sites excluding steroid dienone is 1. The molecule has 1 aromatic rings. The smallest absolute Gasteiger partial charge is 0.254 e. The summed E-state index contributed by atoms with van der Waals surface area (Å²) in [5.74, 6) is -0.194. The summed E-state index contributed by atoms with van der Waals surface area (Å²) in [6.45, 7) is 6.27. The summed E-state index contributed by atoms with van der Waals surface area (Å²) in [5.41, 5.74) is 1.23. The summed E-state index contributed by atoms with van der Waals surface area (Å²) in [6, 6.07) is 6.74. The molecule has 0 bridgehead atoms. The van der Waals surface area contributed by atoms with E-state index in [1.807, 2.05) is 51.1 Å². The van der Waals surface area contributed by atoms with E-state index < -0.39 is 6.04 Å². The Morgan fingerprint density at radius 3 is 2.65 bits per heavy atom. The molecule has 2 amide bonds. The van der Waals surface area contributed by atoms with Crippen LogP contribution in [0.4, 0.5) is 5.69 Å². The Kier molecular flexibility index (Phi) is 4.23. The largest absolute Gasteiger partial charge is 0.340 e. The lowest BCUT2D eigenvalue weighted by atomic mass is 10.0. The van der Waals surface area contributed by atoms with Crippen molar-refractivity contribution < 1.29 is 9.59 Å². The van der Waals surface area contributed by atoms with Crippen LogP contribution in [0.3, 0.4) is 0 Å². The number of carbonyl (C=O) groups is 2. The highest BCUT2D eigenvalue weighted by Gasteiger charge is 2.34. The van der Waals surface area contributed by atoms with Crippen molar-refractivity contribution in [3.8, 4) is 0 Å². The quantitative estimate of drug-likeness (QED) is 0.859. The number of nitrogens with zero attached hydrogens (tertiary/aromatic N) is 1. The number of anilines is 1. The van der Waals surface area contributed by atoms with E-state index >= 15 is 0 Å². The van der Waals surface area contributed by atoms with Gasteiger partial charge in [0.2, 0.25) is 5.91 Å². The average molecular weight is 272 g/mol. The van der Waals surface area contributed by atoms with Crippen molar-refractivity contribution in [2.75, 3.05) is 11.4 Å². The fraction of sp³-hybridized carbons (Fsp3) is 0.375. The zero-order valence-corrected chi connectivity index (χ0v) is 12.1. The molecule has 0 radical (unpaired) electrons. The Bertz CT molecular complexity index is 549. The van der Waals surface area contributed by atoms with Gasteiger partial charge in [-0.1, -0.05) is 38.1 Å². The molecule has 0 aromatic heterocycles. The van der Waals surface area contributed by atoms with Gasteiger partial charge in [0.15, 0.2) is 0 Å².